The zero-order valence-corrected chi connectivity index (χ0v) is 23.8. The highest BCUT2D eigenvalue weighted by molar-refractivity contribution is 6.32. The second kappa shape index (κ2) is 10.0. The minimum atomic E-state index is -1.76. The van der Waals surface area contributed by atoms with Gasteiger partial charge in [0.2, 0.25) is 0 Å². The Balaban J connectivity index is 1.58. The largest absolute Gasteiger partial charge is 0.493 e. The van der Waals surface area contributed by atoms with Gasteiger partial charge in [-0.3, -0.25) is 24.5 Å². The lowest BCUT2D eigenvalue weighted by atomic mass is 9.64. The number of hydrogen-bond acceptors (Lipinski definition) is 8. The van der Waals surface area contributed by atoms with Crippen molar-refractivity contribution in [2.75, 3.05) is 19.1 Å². The van der Waals surface area contributed by atoms with E-state index in [0.717, 1.165) is 5.56 Å². The van der Waals surface area contributed by atoms with E-state index in [1.54, 1.807) is 42.5 Å². The van der Waals surface area contributed by atoms with Crippen LogP contribution in [0.5, 0.6) is 11.5 Å². The molecule has 1 aliphatic carbocycles. The smallest absolute Gasteiger partial charge is 0.270 e. The molecule has 1 fully saturated rings. The van der Waals surface area contributed by atoms with Crippen LogP contribution in [0.1, 0.15) is 48.1 Å². The predicted octanol–water partition coefficient (Wildman–Crippen LogP) is 5.93. The van der Waals surface area contributed by atoms with Crippen molar-refractivity contribution in [3.63, 3.8) is 0 Å². The molecule has 3 atom stereocenters. The van der Waals surface area contributed by atoms with Crippen LogP contribution in [-0.2, 0) is 0 Å². The number of carbonyl (C=O) groups excluding carboxylic acids is 3. The number of para-hydroxylation sites is 2. The fourth-order valence-corrected chi connectivity index (χ4v) is 7.36. The quantitative estimate of drug-likeness (QED) is 0.118. The molecule has 0 bridgehead atoms. The second-order valence-corrected chi connectivity index (χ2v) is 11.0. The number of ether oxygens (including phenoxy) is 2. The molecular formula is C35H26N2O7. The molecule has 4 aromatic carbocycles. The van der Waals surface area contributed by atoms with Gasteiger partial charge in [-0.1, -0.05) is 78.9 Å². The molecule has 44 heavy (non-hydrogen) atoms. The van der Waals surface area contributed by atoms with Gasteiger partial charge >= 0.3 is 0 Å². The number of methoxy groups -OCH3 is 2. The number of carbonyl (C=O) groups is 3. The number of hydrogen-bond donors (Lipinski definition) is 0. The Morgan fingerprint density at radius 1 is 0.864 bits per heavy atom. The summed E-state index contributed by atoms with van der Waals surface area (Å²) in [6, 6.07) is 22.9. The maximum absolute atomic E-state index is 14.9. The van der Waals surface area contributed by atoms with E-state index in [-0.39, 0.29) is 22.8 Å². The van der Waals surface area contributed by atoms with Crippen LogP contribution in [0.3, 0.4) is 0 Å². The van der Waals surface area contributed by atoms with E-state index in [4.69, 9.17) is 9.47 Å². The molecule has 0 N–H and O–H groups in total. The molecular weight excluding hydrogens is 560 g/mol. The Labute approximate surface area is 252 Å². The van der Waals surface area contributed by atoms with E-state index in [0.29, 0.717) is 33.9 Å². The van der Waals surface area contributed by atoms with Gasteiger partial charge in [0.05, 0.1) is 25.2 Å². The maximum Gasteiger partial charge on any atom is 0.270 e. The summed E-state index contributed by atoms with van der Waals surface area (Å²) in [5.41, 5.74) is 0.609. The third kappa shape index (κ3) is 3.55. The van der Waals surface area contributed by atoms with Crippen molar-refractivity contribution in [2.45, 2.75) is 18.0 Å². The first-order valence-corrected chi connectivity index (χ1v) is 14.1. The molecule has 0 unspecified atom stereocenters. The van der Waals surface area contributed by atoms with Crippen LogP contribution >= 0.6 is 0 Å². The Kier molecular flexibility index (Phi) is 6.21. The minimum Gasteiger partial charge on any atom is -0.493 e. The van der Waals surface area contributed by atoms with Crippen molar-refractivity contribution >= 4 is 34.8 Å². The molecule has 4 aromatic rings. The van der Waals surface area contributed by atoms with Crippen molar-refractivity contribution in [1.29, 1.82) is 0 Å². The lowest BCUT2D eigenvalue weighted by molar-refractivity contribution is -0.384. The van der Waals surface area contributed by atoms with E-state index in [1.807, 2.05) is 41.3 Å². The molecule has 2 aliphatic heterocycles. The Bertz CT molecular complexity index is 1890. The van der Waals surface area contributed by atoms with Crippen LogP contribution in [0, 0.1) is 15.5 Å². The standard InChI is InChI=1S/C35H26N2O7/c1-43-27-16-8-14-25(32(27)44-2)29-30(31(38)21-10-7-11-22(19-21)37(41)42)36-26-15-6-3-9-20(26)17-18-28(36)35(29)33(39)23-12-4-5-13-24(23)34(35)40/h3-19,28-30H,1-2H3/t28-,29-,30-/m1/s1. The third-order valence-corrected chi connectivity index (χ3v) is 9.09. The minimum absolute atomic E-state index is 0.0920. The number of anilines is 1. The van der Waals surface area contributed by atoms with Crippen LogP contribution in [0.2, 0.25) is 0 Å². The van der Waals surface area contributed by atoms with Gasteiger partial charge in [0.15, 0.2) is 28.8 Å². The number of nitro benzene ring substituents is 1. The number of rotatable bonds is 6. The first-order valence-electron chi connectivity index (χ1n) is 14.1. The van der Waals surface area contributed by atoms with Crippen LogP contribution in [0.25, 0.3) is 6.08 Å². The highest BCUT2D eigenvalue weighted by Crippen LogP contribution is 2.62. The molecule has 0 radical (unpaired) electrons. The molecule has 0 saturated carbocycles. The summed E-state index contributed by atoms with van der Waals surface area (Å²) < 4.78 is 11.5. The average molecular weight is 587 g/mol. The average Bonchev–Trinajstić information content (AvgIpc) is 3.49. The fourth-order valence-electron chi connectivity index (χ4n) is 7.36. The van der Waals surface area contributed by atoms with E-state index in [2.05, 4.69) is 0 Å². The topological polar surface area (TPSA) is 116 Å². The molecule has 2 heterocycles. The number of nitro groups is 1. The van der Waals surface area contributed by atoms with Gasteiger partial charge in [-0.2, -0.15) is 0 Å². The van der Waals surface area contributed by atoms with E-state index >= 15 is 0 Å². The van der Waals surface area contributed by atoms with Gasteiger partial charge in [-0.05, 0) is 17.7 Å². The second-order valence-electron chi connectivity index (χ2n) is 11.0. The van der Waals surface area contributed by atoms with Gasteiger partial charge in [0, 0.05) is 46.0 Å². The summed E-state index contributed by atoms with van der Waals surface area (Å²) in [5, 5.41) is 11.7. The van der Waals surface area contributed by atoms with Gasteiger partial charge in [-0.15, -0.1) is 0 Å². The molecule has 0 amide bonds. The number of benzene rings is 4. The highest BCUT2D eigenvalue weighted by atomic mass is 16.6. The van der Waals surface area contributed by atoms with Crippen molar-refractivity contribution in [3.8, 4) is 11.5 Å². The molecule has 9 nitrogen and oxygen atoms in total. The van der Waals surface area contributed by atoms with Crippen molar-refractivity contribution in [2.24, 2.45) is 5.41 Å². The van der Waals surface area contributed by atoms with E-state index < -0.39 is 34.1 Å². The zero-order valence-electron chi connectivity index (χ0n) is 23.8. The molecule has 9 heteroatoms. The summed E-state index contributed by atoms with van der Waals surface area (Å²) in [4.78, 5) is 57.5. The summed E-state index contributed by atoms with van der Waals surface area (Å²) in [5.74, 6) is -1.63. The third-order valence-electron chi connectivity index (χ3n) is 9.09. The van der Waals surface area contributed by atoms with Crippen molar-refractivity contribution in [3.05, 3.63) is 135 Å². The van der Waals surface area contributed by atoms with Gasteiger partial charge in [0.25, 0.3) is 5.69 Å². The first kappa shape index (κ1) is 27.3. The highest BCUT2D eigenvalue weighted by Gasteiger charge is 2.72. The van der Waals surface area contributed by atoms with E-state index in [1.165, 1.54) is 38.5 Å². The number of nitrogens with zero attached hydrogens (tertiary/aromatic N) is 2. The van der Waals surface area contributed by atoms with Crippen LogP contribution < -0.4 is 14.4 Å². The van der Waals surface area contributed by atoms with Gasteiger partial charge in [-0.25, -0.2) is 0 Å². The monoisotopic (exact) mass is 586 g/mol. The number of Topliss-reactive ketones (excluding diaryl/α,β-unsaturated/α-hetero) is 3. The molecule has 7 rings (SSSR count). The Morgan fingerprint density at radius 2 is 1.55 bits per heavy atom. The Hall–Kier alpha value is -5.57. The van der Waals surface area contributed by atoms with Crippen molar-refractivity contribution < 1.29 is 28.8 Å². The number of non-ortho nitro benzene ring substituents is 1. The van der Waals surface area contributed by atoms with Gasteiger partial charge < -0.3 is 14.4 Å². The normalized spacial score (nSPS) is 20.7. The molecule has 1 saturated heterocycles. The molecule has 1 spiro atoms. The molecule has 218 valence electrons. The number of fused-ring (bicyclic) bond motifs is 5. The summed E-state index contributed by atoms with van der Waals surface area (Å²) in [6.07, 6.45) is 3.70. The summed E-state index contributed by atoms with van der Waals surface area (Å²) in [7, 11) is 2.96. The van der Waals surface area contributed by atoms with Crippen LogP contribution in [0.4, 0.5) is 11.4 Å². The van der Waals surface area contributed by atoms with Crippen LogP contribution in [-0.4, -0.2) is 48.6 Å². The lowest BCUT2D eigenvalue weighted by Crippen LogP contribution is -2.48. The molecule has 3 aliphatic rings. The Morgan fingerprint density at radius 3 is 2.23 bits per heavy atom. The molecule has 0 aromatic heterocycles. The summed E-state index contributed by atoms with van der Waals surface area (Å²) in [6.45, 7) is 0. The van der Waals surface area contributed by atoms with E-state index in [9.17, 15) is 24.5 Å². The SMILES string of the molecule is COc1cccc([C@@H]2[C@H](C(=O)c3cccc([N+](=O)[O-])c3)N3c4ccccc4C=C[C@@H]3C23C(=O)c2ccccc2C3=O)c1OC. The lowest BCUT2D eigenvalue weighted by Gasteiger charge is -2.37. The van der Waals surface area contributed by atoms with Gasteiger partial charge in [0.1, 0.15) is 11.5 Å². The van der Waals surface area contributed by atoms with Crippen molar-refractivity contribution in [1.82, 2.24) is 0 Å². The maximum atomic E-state index is 14.9. The number of ketones is 3. The fraction of sp³-hybridized carbons (Fsp3) is 0.171. The first-order chi connectivity index (χ1) is 21.3. The van der Waals surface area contributed by atoms with Crippen LogP contribution in [0.15, 0.2) is 97.1 Å². The summed E-state index contributed by atoms with van der Waals surface area (Å²) >= 11 is 0. The predicted molar refractivity (Wildman–Crippen MR) is 163 cm³/mol. The zero-order chi connectivity index (χ0) is 30.7.